The van der Waals surface area contributed by atoms with Crippen molar-refractivity contribution >= 4 is 35.7 Å². The first-order chi connectivity index (χ1) is 14.3. The van der Waals surface area contributed by atoms with Crippen molar-refractivity contribution in [3.8, 4) is 11.1 Å². The summed E-state index contributed by atoms with van der Waals surface area (Å²) in [6.45, 7) is 7.78. The van der Waals surface area contributed by atoms with Gasteiger partial charge in [0.15, 0.2) is 5.69 Å². The van der Waals surface area contributed by atoms with E-state index in [9.17, 15) is 9.90 Å². The van der Waals surface area contributed by atoms with Gasteiger partial charge in [-0.3, -0.25) is 4.98 Å². The second-order valence-electron chi connectivity index (χ2n) is 8.64. The van der Waals surface area contributed by atoms with Gasteiger partial charge in [-0.15, -0.1) is 0 Å². The lowest BCUT2D eigenvalue weighted by Crippen LogP contribution is -2.22. The quantitative estimate of drug-likeness (QED) is 0.326. The van der Waals surface area contributed by atoms with Crippen molar-refractivity contribution in [2.45, 2.75) is 32.4 Å². The lowest BCUT2D eigenvalue weighted by atomic mass is 9.99. The summed E-state index contributed by atoms with van der Waals surface area (Å²) in [7, 11) is -1.18. The summed E-state index contributed by atoms with van der Waals surface area (Å²) in [6, 6.07) is 14.9. The molecule has 2 heterocycles. The van der Waals surface area contributed by atoms with Gasteiger partial charge in [-0.2, -0.15) is 5.10 Å². The van der Waals surface area contributed by atoms with Crippen LogP contribution in [0.4, 0.5) is 0 Å². The summed E-state index contributed by atoms with van der Waals surface area (Å²) >= 11 is 0. The van der Waals surface area contributed by atoms with Crippen LogP contribution in [0, 0.1) is 0 Å². The molecule has 0 amide bonds. The highest BCUT2D eigenvalue weighted by atomic mass is 28.3. The Labute approximate surface area is 176 Å². The average Bonchev–Trinajstić information content (AvgIpc) is 3.08. The molecule has 0 unspecified atom stereocenters. The molecule has 4 rings (SSSR count). The number of pyridine rings is 1. The molecule has 0 saturated heterocycles. The molecule has 1 N–H and O–H groups in total. The van der Waals surface area contributed by atoms with Gasteiger partial charge in [0.1, 0.15) is 6.73 Å². The fourth-order valence-electron chi connectivity index (χ4n) is 3.48. The van der Waals surface area contributed by atoms with E-state index in [1.54, 1.807) is 4.68 Å². The standard InChI is InChI=1S/C23H25N3O3Si/c1-30(2,3)11-10-29-15-26-21-9-8-16(12-19(21)22(25-26)23(27)28)20-14-24-13-17-6-4-5-7-18(17)20/h4-9,12-14H,10-11,15H2,1-3H3,(H,27,28). The van der Waals surface area contributed by atoms with Gasteiger partial charge in [0.05, 0.1) is 5.52 Å². The highest BCUT2D eigenvalue weighted by Crippen LogP contribution is 2.31. The molecular weight excluding hydrogens is 394 g/mol. The highest BCUT2D eigenvalue weighted by Gasteiger charge is 2.18. The molecule has 7 heteroatoms. The van der Waals surface area contributed by atoms with E-state index >= 15 is 0 Å². The first-order valence-electron chi connectivity index (χ1n) is 9.98. The smallest absolute Gasteiger partial charge is 0.357 e. The predicted octanol–water partition coefficient (Wildman–Crippen LogP) is 5.26. The maximum Gasteiger partial charge on any atom is 0.357 e. The zero-order valence-electron chi connectivity index (χ0n) is 17.4. The minimum atomic E-state index is -1.18. The summed E-state index contributed by atoms with van der Waals surface area (Å²) < 4.78 is 7.43. The number of aromatic carboxylic acids is 1. The van der Waals surface area contributed by atoms with Gasteiger partial charge in [0.2, 0.25) is 0 Å². The Bertz CT molecular complexity index is 1220. The van der Waals surface area contributed by atoms with E-state index in [1.807, 2.05) is 54.9 Å². The summed E-state index contributed by atoms with van der Waals surface area (Å²) in [5, 5.41) is 16.7. The lowest BCUT2D eigenvalue weighted by Gasteiger charge is -2.15. The van der Waals surface area contributed by atoms with Gasteiger partial charge in [-0.05, 0) is 29.1 Å². The zero-order chi connectivity index (χ0) is 21.3. The maximum atomic E-state index is 11.8. The zero-order valence-corrected chi connectivity index (χ0v) is 18.4. The largest absolute Gasteiger partial charge is 0.476 e. The molecule has 6 nitrogen and oxygen atoms in total. The predicted molar refractivity (Wildman–Crippen MR) is 122 cm³/mol. The van der Waals surface area contributed by atoms with Crippen LogP contribution in [0.2, 0.25) is 25.7 Å². The van der Waals surface area contributed by atoms with Gasteiger partial charge in [-0.1, -0.05) is 50.0 Å². The Morgan fingerprint density at radius 1 is 1.10 bits per heavy atom. The third-order valence-electron chi connectivity index (χ3n) is 5.14. The molecule has 0 saturated carbocycles. The van der Waals surface area contributed by atoms with Gasteiger partial charge >= 0.3 is 5.97 Å². The molecule has 30 heavy (non-hydrogen) atoms. The molecule has 0 aliphatic heterocycles. The van der Waals surface area contributed by atoms with E-state index in [0.717, 1.165) is 33.5 Å². The molecule has 0 atom stereocenters. The second-order valence-corrected chi connectivity index (χ2v) is 14.3. The molecule has 0 radical (unpaired) electrons. The van der Waals surface area contributed by atoms with Crippen LogP contribution >= 0.6 is 0 Å². The van der Waals surface area contributed by atoms with Gasteiger partial charge in [0.25, 0.3) is 0 Å². The molecular formula is C23H25N3O3Si. The van der Waals surface area contributed by atoms with Crippen molar-refractivity contribution in [2.24, 2.45) is 0 Å². The van der Waals surface area contributed by atoms with Crippen LogP contribution < -0.4 is 0 Å². The van der Waals surface area contributed by atoms with E-state index < -0.39 is 14.0 Å². The van der Waals surface area contributed by atoms with Crippen LogP contribution in [0.15, 0.2) is 54.9 Å². The van der Waals surface area contributed by atoms with E-state index in [2.05, 4.69) is 29.7 Å². The van der Waals surface area contributed by atoms with Crippen molar-refractivity contribution in [1.82, 2.24) is 14.8 Å². The first-order valence-corrected chi connectivity index (χ1v) is 13.7. The van der Waals surface area contributed by atoms with Crippen LogP contribution in [0.3, 0.4) is 0 Å². The molecule has 0 aliphatic rings. The van der Waals surface area contributed by atoms with E-state index in [-0.39, 0.29) is 12.4 Å². The third kappa shape index (κ3) is 4.12. The topological polar surface area (TPSA) is 77.2 Å². The van der Waals surface area contributed by atoms with Crippen LogP contribution in [-0.4, -0.2) is 40.5 Å². The summed E-state index contributed by atoms with van der Waals surface area (Å²) in [4.78, 5) is 16.2. The summed E-state index contributed by atoms with van der Waals surface area (Å²) in [5.74, 6) is -1.05. The average molecular weight is 420 g/mol. The number of carboxylic acid groups (broad SMARTS) is 1. The summed E-state index contributed by atoms with van der Waals surface area (Å²) in [6.07, 6.45) is 3.64. The minimum absolute atomic E-state index is 0.0360. The van der Waals surface area contributed by atoms with Gasteiger partial charge in [0, 0.05) is 43.4 Å². The second kappa shape index (κ2) is 8.01. The van der Waals surface area contributed by atoms with Crippen molar-refractivity contribution in [1.29, 1.82) is 0 Å². The number of nitrogens with zero attached hydrogens (tertiary/aromatic N) is 3. The molecule has 0 spiro atoms. The number of hydrogen-bond acceptors (Lipinski definition) is 4. The number of carbonyl (C=O) groups is 1. The van der Waals surface area contributed by atoms with Gasteiger partial charge in [-0.25, -0.2) is 9.48 Å². The van der Waals surface area contributed by atoms with E-state index in [1.165, 1.54) is 0 Å². The Morgan fingerprint density at radius 3 is 2.67 bits per heavy atom. The van der Waals surface area contributed by atoms with E-state index in [4.69, 9.17) is 4.74 Å². The van der Waals surface area contributed by atoms with Crippen LogP contribution in [0.1, 0.15) is 10.5 Å². The molecule has 0 aliphatic carbocycles. The number of hydrogen-bond donors (Lipinski definition) is 1. The monoisotopic (exact) mass is 419 g/mol. The number of fused-ring (bicyclic) bond motifs is 2. The number of carboxylic acids is 1. The molecule has 154 valence electrons. The number of benzene rings is 2. The van der Waals surface area contributed by atoms with Crippen molar-refractivity contribution < 1.29 is 14.6 Å². The highest BCUT2D eigenvalue weighted by molar-refractivity contribution is 6.76. The maximum absolute atomic E-state index is 11.8. The van der Waals surface area contributed by atoms with E-state index in [0.29, 0.717) is 12.0 Å². The molecule has 4 aromatic rings. The Morgan fingerprint density at radius 2 is 1.90 bits per heavy atom. The Kier molecular flexibility index (Phi) is 5.40. The van der Waals surface area contributed by atoms with Crippen molar-refractivity contribution in [2.75, 3.05) is 6.61 Å². The SMILES string of the molecule is C[Si](C)(C)CCOCn1nc(C(=O)O)c2cc(-c3cncc4ccccc34)ccc21. The molecule has 2 aromatic carbocycles. The molecule has 0 fully saturated rings. The normalized spacial score (nSPS) is 12.0. The third-order valence-corrected chi connectivity index (χ3v) is 6.85. The summed E-state index contributed by atoms with van der Waals surface area (Å²) in [5.41, 5.74) is 2.66. The molecule has 2 aromatic heterocycles. The number of aromatic nitrogens is 3. The van der Waals surface area contributed by atoms with Crippen LogP contribution in [-0.2, 0) is 11.5 Å². The fraction of sp³-hybridized carbons (Fsp3) is 0.261. The Hall–Kier alpha value is -3.03. The fourth-order valence-corrected chi connectivity index (χ4v) is 4.24. The van der Waals surface area contributed by atoms with Crippen LogP contribution in [0.5, 0.6) is 0 Å². The minimum Gasteiger partial charge on any atom is -0.476 e. The molecule has 0 bridgehead atoms. The van der Waals surface area contributed by atoms with Crippen LogP contribution in [0.25, 0.3) is 32.8 Å². The number of rotatable bonds is 7. The Balaban J connectivity index is 1.72. The van der Waals surface area contributed by atoms with Crippen molar-refractivity contribution in [3.05, 3.63) is 60.6 Å². The first kappa shape index (κ1) is 20.2. The lowest BCUT2D eigenvalue weighted by molar-refractivity contribution is 0.0676. The van der Waals surface area contributed by atoms with Gasteiger partial charge < -0.3 is 9.84 Å². The van der Waals surface area contributed by atoms with Crippen molar-refractivity contribution in [3.63, 3.8) is 0 Å². The number of ether oxygens (including phenoxy) is 1.